The fraction of sp³-hybridized carbons (Fsp3) is 0.375. The van der Waals surface area contributed by atoms with Gasteiger partial charge in [0.1, 0.15) is 11.5 Å². The van der Waals surface area contributed by atoms with Crippen LogP contribution in [-0.4, -0.2) is 111 Å². The summed E-state index contributed by atoms with van der Waals surface area (Å²) in [5.74, 6) is -2.20. The van der Waals surface area contributed by atoms with E-state index in [1.165, 1.54) is 4.90 Å². The van der Waals surface area contributed by atoms with Crippen molar-refractivity contribution in [3.63, 3.8) is 0 Å². The van der Waals surface area contributed by atoms with E-state index in [1.807, 2.05) is 74.5 Å². The number of rotatable bonds is 18. The molecule has 4 heterocycles. The number of carbonyl (C=O) groups is 6. The van der Waals surface area contributed by atoms with E-state index in [0.29, 0.717) is 82.5 Å². The summed E-state index contributed by atoms with van der Waals surface area (Å²) < 4.78 is 16.9. The quantitative estimate of drug-likeness (QED) is 0.0629. The Balaban J connectivity index is 0.713. The van der Waals surface area contributed by atoms with Gasteiger partial charge in [0.2, 0.25) is 23.6 Å². The van der Waals surface area contributed by atoms with Crippen LogP contribution >= 0.6 is 0 Å². The number of hydrogen-bond acceptors (Lipinski definition) is 11. The lowest BCUT2D eigenvalue weighted by atomic mass is 9.60. The molecular formula is C48H53N7O9. The Labute approximate surface area is 371 Å². The van der Waals surface area contributed by atoms with Gasteiger partial charge in [-0.2, -0.15) is 0 Å². The molecule has 4 aromatic carbocycles. The molecule has 8 rings (SSSR count). The third-order valence-corrected chi connectivity index (χ3v) is 12.5. The molecule has 0 bridgehead atoms. The summed E-state index contributed by atoms with van der Waals surface area (Å²) in [6.07, 6.45) is 0.519. The van der Waals surface area contributed by atoms with Gasteiger partial charge in [-0.15, -0.1) is 0 Å². The molecule has 4 aliphatic heterocycles. The number of carbonyl (C=O) groups excluding carboxylic acids is 6. The number of ether oxygens (including phenoxy) is 3. The Hall–Kier alpha value is -6.46. The second kappa shape index (κ2) is 19.1. The summed E-state index contributed by atoms with van der Waals surface area (Å²) in [4.78, 5) is 79.5. The zero-order valence-electron chi connectivity index (χ0n) is 35.9. The van der Waals surface area contributed by atoms with E-state index < -0.39 is 34.9 Å². The first-order valence-corrected chi connectivity index (χ1v) is 21.7. The summed E-state index contributed by atoms with van der Waals surface area (Å²) in [6, 6.07) is 28.0. The summed E-state index contributed by atoms with van der Waals surface area (Å²) in [7, 11) is 0. The van der Waals surface area contributed by atoms with Gasteiger partial charge >= 0.3 is 0 Å². The average Bonchev–Trinajstić information content (AvgIpc) is 3.88. The number of benzene rings is 4. The molecule has 0 saturated carbocycles. The summed E-state index contributed by atoms with van der Waals surface area (Å²) in [5, 5.41) is 18.1. The smallest absolute Gasteiger partial charge is 0.255 e. The van der Waals surface area contributed by atoms with Gasteiger partial charge in [0.05, 0.1) is 45.7 Å². The topological polar surface area (TPSA) is 206 Å². The van der Waals surface area contributed by atoms with Crippen molar-refractivity contribution >= 4 is 52.5 Å². The second-order valence-corrected chi connectivity index (χ2v) is 16.8. The van der Waals surface area contributed by atoms with E-state index in [0.717, 1.165) is 28.1 Å². The number of imide groups is 1. The molecule has 16 heteroatoms. The highest BCUT2D eigenvalue weighted by Gasteiger charge is 2.69. The molecule has 4 aromatic rings. The first kappa shape index (κ1) is 44.2. The molecule has 2 fully saturated rings. The maximum atomic E-state index is 14.1. The van der Waals surface area contributed by atoms with Crippen LogP contribution in [0.5, 0.6) is 0 Å². The SMILES string of the molecule is CC1(C)NC(C(=O)Nc2ccc(C(=O)NCCOCCOCCOCCNc3cccc4c3CN(C3CCC(=O)NC3=O)C4=O)cc2)C(c2ccccc2)C12C(=O)Nc1ccccc12. The lowest BCUT2D eigenvalue weighted by molar-refractivity contribution is -0.137. The van der Waals surface area contributed by atoms with Crippen LogP contribution in [0.15, 0.2) is 97.1 Å². The van der Waals surface area contributed by atoms with Crippen LogP contribution in [0, 0.1) is 0 Å². The van der Waals surface area contributed by atoms with Crippen molar-refractivity contribution in [2.75, 3.05) is 68.7 Å². The molecule has 0 radical (unpaired) electrons. The van der Waals surface area contributed by atoms with Crippen molar-refractivity contribution in [1.29, 1.82) is 0 Å². The average molecular weight is 872 g/mol. The third-order valence-electron chi connectivity index (χ3n) is 12.5. The number of hydrogen-bond donors (Lipinski definition) is 6. The molecule has 1 spiro atoms. The Morgan fingerprint density at radius 1 is 0.766 bits per heavy atom. The van der Waals surface area contributed by atoms with Crippen LogP contribution in [0.4, 0.5) is 17.1 Å². The molecule has 4 unspecified atom stereocenters. The molecular weight excluding hydrogens is 819 g/mol. The molecule has 0 aromatic heterocycles. The Bertz CT molecular complexity index is 2410. The maximum Gasteiger partial charge on any atom is 0.255 e. The van der Waals surface area contributed by atoms with Crippen LogP contribution in [0.3, 0.4) is 0 Å². The van der Waals surface area contributed by atoms with Gasteiger partial charge in [-0.1, -0.05) is 54.6 Å². The molecule has 6 amide bonds. The van der Waals surface area contributed by atoms with Crippen LogP contribution in [0.1, 0.15) is 70.0 Å². The fourth-order valence-corrected chi connectivity index (χ4v) is 9.57. The molecule has 4 aliphatic rings. The zero-order chi connectivity index (χ0) is 44.8. The van der Waals surface area contributed by atoms with E-state index in [4.69, 9.17) is 14.2 Å². The molecule has 6 N–H and O–H groups in total. The molecule has 0 aliphatic carbocycles. The largest absolute Gasteiger partial charge is 0.382 e. The molecule has 4 atom stereocenters. The highest BCUT2D eigenvalue weighted by atomic mass is 16.5. The van der Waals surface area contributed by atoms with Gasteiger partial charge in [-0.05, 0) is 73.9 Å². The number of anilines is 3. The van der Waals surface area contributed by atoms with Gasteiger partial charge in [0.15, 0.2) is 0 Å². The maximum absolute atomic E-state index is 14.1. The van der Waals surface area contributed by atoms with Gasteiger partial charge in [-0.3, -0.25) is 39.4 Å². The van der Waals surface area contributed by atoms with Crippen LogP contribution < -0.4 is 31.9 Å². The van der Waals surface area contributed by atoms with Gasteiger partial charge in [0.25, 0.3) is 11.8 Å². The van der Waals surface area contributed by atoms with Crippen LogP contribution in [0.2, 0.25) is 0 Å². The van der Waals surface area contributed by atoms with E-state index in [9.17, 15) is 28.8 Å². The van der Waals surface area contributed by atoms with E-state index in [-0.39, 0.29) is 36.0 Å². The summed E-state index contributed by atoms with van der Waals surface area (Å²) in [6.45, 7) is 7.20. The minimum Gasteiger partial charge on any atom is -0.382 e. The standard InChI is InChI=1S/C48H53N7O9/c1-47(2)48(35-12-6-7-13-37(35)52-46(48)61)40(30-9-4-3-5-10-30)41(54-47)44(59)51-32-17-15-31(16-18-32)42(57)50-22-24-63-26-28-64-27-25-62-23-21-49-36-14-8-11-33-34(36)29-55(45(33)60)38-19-20-39(56)53-43(38)58/h3-18,38,40-41,49,54H,19-29H2,1-2H3,(H,50,57)(H,51,59)(H,52,61)(H,53,56,58). The van der Waals surface area contributed by atoms with Crippen molar-refractivity contribution in [1.82, 2.24) is 20.9 Å². The molecule has 334 valence electrons. The minimum atomic E-state index is -1.05. The highest BCUT2D eigenvalue weighted by Crippen LogP contribution is 2.58. The van der Waals surface area contributed by atoms with Gasteiger partial charge in [0, 0.05) is 71.3 Å². The minimum absolute atomic E-state index is 0.147. The Kier molecular flexibility index (Phi) is 13.2. The first-order chi connectivity index (χ1) is 31.0. The fourth-order valence-electron chi connectivity index (χ4n) is 9.57. The van der Waals surface area contributed by atoms with E-state index in [2.05, 4.69) is 31.9 Å². The van der Waals surface area contributed by atoms with Gasteiger partial charge in [-0.25, -0.2) is 0 Å². The Morgan fingerprint density at radius 3 is 2.19 bits per heavy atom. The number of nitrogens with zero attached hydrogens (tertiary/aromatic N) is 1. The monoisotopic (exact) mass is 871 g/mol. The molecule has 2 saturated heterocycles. The number of piperidine rings is 1. The second-order valence-electron chi connectivity index (χ2n) is 16.8. The number of fused-ring (bicyclic) bond motifs is 3. The van der Waals surface area contributed by atoms with E-state index >= 15 is 0 Å². The number of nitrogens with one attached hydrogen (secondary N) is 6. The lowest BCUT2D eigenvalue weighted by Gasteiger charge is -2.40. The predicted octanol–water partition coefficient (Wildman–Crippen LogP) is 3.70. The predicted molar refractivity (Wildman–Crippen MR) is 238 cm³/mol. The molecule has 64 heavy (non-hydrogen) atoms. The lowest BCUT2D eigenvalue weighted by Crippen LogP contribution is -2.55. The number of amides is 6. The van der Waals surface area contributed by atoms with Crippen LogP contribution in [-0.2, 0) is 45.3 Å². The third kappa shape index (κ3) is 8.73. The summed E-state index contributed by atoms with van der Waals surface area (Å²) >= 11 is 0. The molecule has 16 nitrogen and oxygen atoms in total. The highest BCUT2D eigenvalue weighted by molar-refractivity contribution is 6.11. The van der Waals surface area contributed by atoms with Crippen molar-refractivity contribution in [3.8, 4) is 0 Å². The number of para-hydroxylation sites is 1. The summed E-state index contributed by atoms with van der Waals surface area (Å²) in [5.41, 5.74) is 3.76. The first-order valence-electron chi connectivity index (χ1n) is 21.7. The van der Waals surface area contributed by atoms with E-state index in [1.54, 1.807) is 36.4 Å². The van der Waals surface area contributed by atoms with Crippen molar-refractivity contribution in [2.45, 2.75) is 62.2 Å². The van der Waals surface area contributed by atoms with Crippen molar-refractivity contribution in [2.24, 2.45) is 0 Å². The Morgan fingerprint density at radius 2 is 1.45 bits per heavy atom. The van der Waals surface area contributed by atoms with Crippen molar-refractivity contribution < 1.29 is 43.0 Å². The van der Waals surface area contributed by atoms with Crippen molar-refractivity contribution in [3.05, 3.63) is 125 Å². The van der Waals surface area contributed by atoms with Gasteiger partial charge < -0.3 is 40.4 Å². The normalized spacial score (nSPS) is 21.9. The van der Waals surface area contributed by atoms with Crippen LogP contribution in [0.25, 0.3) is 0 Å². The zero-order valence-corrected chi connectivity index (χ0v) is 35.9.